The van der Waals surface area contributed by atoms with Crippen LogP contribution in [0, 0.1) is 5.92 Å². The van der Waals surface area contributed by atoms with Crippen molar-refractivity contribution in [2.75, 3.05) is 6.54 Å². The molecule has 8 heteroatoms. The first-order chi connectivity index (χ1) is 14.9. The second-order valence-corrected chi connectivity index (χ2v) is 8.44. The number of aromatic nitrogens is 2. The van der Waals surface area contributed by atoms with Gasteiger partial charge in [0, 0.05) is 35.8 Å². The largest absolute Gasteiger partial charge is 0.506 e. The summed E-state index contributed by atoms with van der Waals surface area (Å²) in [6.45, 7) is 3.66. The highest BCUT2D eigenvalue weighted by Gasteiger charge is 2.22. The van der Waals surface area contributed by atoms with Crippen LogP contribution >= 0.6 is 12.4 Å². The zero-order chi connectivity index (χ0) is 22.1. The molecule has 0 atom stereocenters. The Morgan fingerprint density at radius 3 is 2.62 bits per heavy atom. The summed E-state index contributed by atoms with van der Waals surface area (Å²) < 4.78 is 2.16. The molecule has 0 amide bonds. The van der Waals surface area contributed by atoms with E-state index in [1.165, 1.54) is 31.4 Å². The van der Waals surface area contributed by atoms with Gasteiger partial charge in [-0.3, -0.25) is 4.79 Å². The zero-order valence-electron chi connectivity index (χ0n) is 18.4. The van der Waals surface area contributed by atoms with Gasteiger partial charge in [0.2, 0.25) is 0 Å². The Morgan fingerprint density at radius 1 is 1.25 bits per heavy atom. The number of halogens is 1. The van der Waals surface area contributed by atoms with Gasteiger partial charge >= 0.3 is 5.97 Å². The van der Waals surface area contributed by atoms with Crippen molar-refractivity contribution < 1.29 is 15.0 Å². The fourth-order valence-electron chi connectivity index (χ4n) is 4.77. The molecule has 1 aliphatic carbocycles. The normalized spacial score (nSPS) is 14.1. The lowest BCUT2D eigenvalue weighted by molar-refractivity contribution is 0.0691. The van der Waals surface area contributed by atoms with Gasteiger partial charge in [-0.1, -0.05) is 25.8 Å². The minimum atomic E-state index is -1.44. The Balaban J connectivity index is 0.00000289. The van der Waals surface area contributed by atoms with Crippen molar-refractivity contribution in [1.82, 2.24) is 14.9 Å². The number of nitrogens with zero attached hydrogens (tertiary/aromatic N) is 1. The number of rotatable bonds is 7. The second kappa shape index (κ2) is 9.79. The lowest BCUT2D eigenvalue weighted by Gasteiger charge is -2.12. The molecule has 32 heavy (non-hydrogen) atoms. The highest BCUT2D eigenvalue weighted by molar-refractivity contribution is 5.92. The number of aromatic amines is 1. The summed E-state index contributed by atoms with van der Waals surface area (Å²) in [4.78, 5) is 26.3. The summed E-state index contributed by atoms with van der Waals surface area (Å²) in [5.41, 5.74) is 2.46. The fourth-order valence-corrected chi connectivity index (χ4v) is 4.77. The number of benzene rings is 1. The van der Waals surface area contributed by atoms with Crippen LogP contribution in [0.2, 0.25) is 0 Å². The molecule has 1 saturated carbocycles. The van der Waals surface area contributed by atoms with E-state index in [0.29, 0.717) is 17.7 Å². The van der Waals surface area contributed by atoms with E-state index in [9.17, 15) is 19.8 Å². The number of carboxylic acid groups (broad SMARTS) is 1. The molecular weight excluding hydrogens is 430 g/mol. The van der Waals surface area contributed by atoms with Crippen molar-refractivity contribution in [1.29, 1.82) is 0 Å². The van der Waals surface area contributed by atoms with Gasteiger partial charge in [0.25, 0.3) is 5.56 Å². The zero-order valence-corrected chi connectivity index (χ0v) is 19.2. The van der Waals surface area contributed by atoms with Crippen molar-refractivity contribution in [2.24, 2.45) is 13.0 Å². The summed E-state index contributed by atoms with van der Waals surface area (Å²) in [6.07, 6.45) is 5.71. The van der Waals surface area contributed by atoms with Crippen molar-refractivity contribution in [3.8, 4) is 17.0 Å². The maximum atomic E-state index is 12.3. The quantitative estimate of drug-likeness (QED) is 0.423. The van der Waals surface area contributed by atoms with E-state index in [0.717, 1.165) is 35.5 Å². The van der Waals surface area contributed by atoms with Gasteiger partial charge < -0.3 is 25.1 Å². The van der Waals surface area contributed by atoms with Gasteiger partial charge in [0.15, 0.2) is 5.56 Å². The smallest absolute Gasteiger partial charge is 0.345 e. The molecule has 1 aromatic carbocycles. The van der Waals surface area contributed by atoms with Crippen molar-refractivity contribution in [3.63, 3.8) is 0 Å². The number of hydrogen-bond donors (Lipinski definition) is 4. The molecule has 4 rings (SSSR count). The lowest BCUT2D eigenvalue weighted by atomic mass is 9.99. The maximum absolute atomic E-state index is 12.3. The number of pyridine rings is 1. The molecule has 2 aromatic heterocycles. The van der Waals surface area contributed by atoms with Crippen molar-refractivity contribution >= 4 is 29.3 Å². The number of hydrogen-bond acceptors (Lipinski definition) is 4. The molecule has 0 unspecified atom stereocenters. The minimum Gasteiger partial charge on any atom is -0.506 e. The molecule has 1 aliphatic rings. The molecule has 172 valence electrons. The SMILES string of the molecule is CCc1c(-c2ccc3c(c2)cc(CNCC2CCCC2)n3C)[nH]c(=O)c(C(=O)O)c1O.Cl. The topological polar surface area (TPSA) is 107 Å². The Morgan fingerprint density at radius 2 is 1.97 bits per heavy atom. The number of aromatic hydroxyl groups is 1. The van der Waals surface area contributed by atoms with Gasteiger partial charge in [-0.05, 0) is 55.5 Å². The van der Waals surface area contributed by atoms with Crippen LogP contribution in [-0.4, -0.2) is 32.3 Å². The predicted octanol–water partition coefficient (Wildman–Crippen LogP) is 4.20. The molecule has 1 fully saturated rings. The maximum Gasteiger partial charge on any atom is 0.345 e. The van der Waals surface area contributed by atoms with Crippen LogP contribution in [-0.2, 0) is 20.0 Å². The number of carbonyl (C=O) groups is 1. The summed E-state index contributed by atoms with van der Waals surface area (Å²) in [5, 5.41) is 24.3. The molecule has 0 aliphatic heterocycles. The number of H-pyrrole nitrogens is 1. The predicted molar refractivity (Wildman–Crippen MR) is 128 cm³/mol. The van der Waals surface area contributed by atoms with E-state index in [2.05, 4.69) is 20.9 Å². The molecule has 0 bridgehead atoms. The van der Waals surface area contributed by atoms with E-state index >= 15 is 0 Å². The third kappa shape index (κ3) is 4.40. The highest BCUT2D eigenvalue weighted by Crippen LogP contribution is 2.32. The number of fused-ring (bicyclic) bond motifs is 1. The third-order valence-corrected chi connectivity index (χ3v) is 6.50. The first-order valence-electron chi connectivity index (χ1n) is 10.9. The van der Waals surface area contributed by atoms with E-state index in [4.69, 9.17) is 0 Å². The average Bonchev–Trinajstić information content (AvgIpc) is 3.35. The first kappa shape index (κ1) is 23.9. The molecular formula is C24H30ClN3O4. The third-order valence-electron chi connectivity index (χ3n) is 6.50. The van der Waals surface area contributed by atoms with Crippen LogP contribution in [0.25, 0.3) is 22.2 Å². The van der Waals surface area contributed by atoms with Gasteiger partial charge in [-0.25, -0.2) is 4.79 Å². The van der Waals surface area contributed by atoms with E-state index < -0.39 is 22.8 Å². The van der Waals surface area contributed by atoms with E-state index in [1.54, 1.807) is 0 Å². The number of aryl methyl sites for hydroxylation is 1. The number of nitrogens with one attached hydrogen (secondary N) is 2. The van der Waals surface area contributed by atoms with Crippen LogP contribution in [0.3, 0.4) is 0 Å². The second-order valence-electron chi connectivity index (χ2n) is 8.44. The van der Waals surface area contributed by atoms with Crippen LogP contribution in [0.1, 0.15) is 54.2 Å². The van der Waals surface area contributed by atoms with Gasteiger partial charge in [0.1, 0.15) is 5.75 Å². The summed E-state index contributed by atoms with van der Waals surface area (Å²) in [7, 11) is 2.04. The standard InChI is InChI=1S/C24H29N3O4.ClH/c1-3-18-21(26-23(29)20(22(18)28)24(30)31)15-8-9-19-16(10-15)11-17(27(19)2)13-25-12-14-6-4-5-7-14;/h8-11,14,25H,3-7,12-13H2,1-2H3,(H,30,31)(H2,26,28,29);1H. The Labute approximate surface area is 192 Å². The van der Waals surface area contributed by atoms with Gasteiger partial charge in [-0.2, -0.15) is 0 Å². The first-order valence-corrected chi connectivity index (χ1v) is 10.9. The molecule has 7 nitrogen and oxygen atoms in total. The van der Waals surface area contributed by atoms with Crippen molar-refractivity contribution in [3.05, 3.63) is 51.4 Å². The summed E-state index contributed by atoms with van der Waals surface area (Å²) >= 11 is 0. The molecule has 0 radical (unpaired) electrons. The van der Waals surface area contributed by atoms with Crippen LogP contribution in [0.15, 0.2) is 29.1 Å². The molecule has 0 saturated heterocycles. The van der Waals surface area contributed by atoms with Crippen LogP contribution < -0.4 is 10.9 Å². The summed E-state index contributed by atoms with van der Waals surface area (Å²) in [6, 6.07) is 7.99. The van der Waals surface area contributed by atoms with Crippen LogP contribution in [0.5, 0.6) is 5.75 Å². The highest BCUT2D eigenvalue weighted by atomic mass is 35.5. The number of aromatic carboxylic acids is 1. The summed E-state index contributed by atoms with van der Waals surface area (Å²) in [5.74, 6) is -1.11. The van der Waals surface area contributed by atoms with E-state index in [1.807, 2.05) is 32.2 Å². The minimum absolute atomic E-state index is 0. The molecule has 4 N–H and O–H groups in total. The number of carboxylic acids is 1. The lowest BCUT2D eigenvalue weighted by Crippen LogP contribution is -2.21. The average molecular weight is 460 g/mol. The molecule has 2 heterocycles. The molecule has 0 spiro atoms. The van der Waals surface area contributed by atoms with Crippen LogP contribution in [0.4, 0.5) is 0 Å². The van der Waals surface area contributed by atoms with E-state index in [-0.39, 0.29) is 12.4 Å². The van der Waals surface area contributed by atoms with Gasteiger partial charge in [-0.15, -0.1) is 12.4 Å². The Bertz CT molecular complexity index is 1190. The Hall–Kier alpha value is -2.77. The van der Waals surface area contributed by atoms with Gasteiger partial charge in [0.05, 0.1) is 5.69 Å². The Kier molecular flexibility index (Phi) is 7.31. The molecule has 3 aromatic rings. The fraction of sp³-hybridized carbons (Fsp3) is 0.417. The monoisotopic (exact) mass is 459 g/mol. The van der Waals surface area contributed by atoms with Crippen molar-refractivity contribution in [2.45, 2.75) is 45.6 Å².